The third-order valence-corrected chi connectivity index (χ3v) is 8.44. The van der Waals surface area contributed by atoms with Gasteiger partial charge >= 0.3 is 11.9 Å². The molecule has 9 nitrogen and oxygen atoms in total. The average Bonchev–Trinajstić information content (AvgIpc) is 2.91. The van der Waals surface area contributed by atoms with Crippen LogP contribution in [0.25, 0.3) is 0 Å². The van der Waals surface area contributed by atoms with Crippen molar-refractivity contribution in [3.8, 4) is 5.75 Å². The van der Waals surface area contributed by atoms with Crippen molar-refractivity contribution in [1.82, 2.24) is 10.2 Å². The van der Waals surface area contributed by atoms with Crippen LogP contribution in [0.15, 0.2) is 65.9 Å². The number of fused-ring (bicyclic) bond motifs is 2. The van der Waals surface area contributed by atoms with Crippen molar-refractivity contribution in [3.05, 3.63) is 77.0 Å². The van der Waals surface area contributed by atoms with E-state index < -0.39 is 23.3 Å². The Morgan fingerprint density at radius 3 is 2.43 bits per heavy atom. The molecular weight excluding hydrogens is 496 g/mol. The zero-order chi connectivity index (χ0) is 26.1. The molecule has 37 heavy (non-hydrogen) atoms. The molecule has 3 aliphatic rings. The van der Waals surface area contributed by atoms with Gasteiger partial charge in [0.25, 0.3) is 5.91 Å². The summed E-state index contributed by atoms with van der Waals surface area (Å²) >= 11 is 1.39. The maximum absolute atomic E-state index is 13.2. The van der Waals surface area contributed by atoms with Crippen molar-refractivity contribution in [2.45, 2.75) is 36.1 Å². The molecule has 1 unspecified atom stereocenters. The molecule has 1 saturated carbocycles. The summed E-state index contributed by atoms with van der Waals surface area (Å²) in [5, 5.41) is 1.97. The van der Waals surface area contributed by atoms with Gasteiger partial charge in [-0.1, -0.05) is 42.5 Å². The predicted molar refractivity (Wildman–Crippen MR) is 134 cm³/mol. The number of thioether (sulfide) groups is 1. The first-order valence-corrected chi connectivity index (χ1v) is 12.8. The Morgan fingerprint density at radius 1 is 1.03 bits per heavy atom. The number of hydrogen-bond donors (Lipinski definition) is 1. The highest BCUT2D eigenvalue weighted by molar-refractivity contribution is 8.01. The monoisotopic (exact) mass is 522 g/mol. The van der Waals surface area contributed by atoms with Gasteiger partial charge in [0.15, 0.2) is 0 Å². The summed E-state index contributed by atoms with van der Waals surface area (Å²) < 4.78 is 15.6. The number of carbonyl (C=O) groups is 4. The van der Waals surface area contributed by atoms with Gasteiger partial charge in [0.2, 0.25) is 5.91 Å². The quantitative estimate of drug-likeness (QED) is 0.415. The molecule has 2 heterocycles. The SMILES string of the molecule is COC(=O)C1CC2=C(C(=O)OCc3ccc(OC)cc3)N3C(=O)[C@H](NC(=O)Cc4ccccc4)[C@H]3S[C@H]21. The van der Waals surface area contributed by atoms with Crippen molar-refractivity contribution in [1.29, 1.82) is 0 Å². The van der Waals surface area contributed by atoms with Crippen molar-refractivity contribution in [3.63, 3.8) is 0 Å². The van der Waals surface area contributed by atoms with Crippen molar-refractivity contribution < 1.29 is 33.4 Å². The Hall–Kier alpha value is -3.79. The van der Waals surface area contributed by atoms with Gasteiger partial charge in [-0.2, -0.15) is 0 Å². The summed E-state index contributed by atoms with van der Waals surface area (Å²) in [4.78, 5) is 52.7. The number of ether oxygens (including phenoxy) is 3. The zero-order valence-electron chi connectivity index (χ0n) is 20.3. The molecule has 2 fully saturated rings. The molecular formula is C27H26N2O7S. The second kappa shape index (κ2) is 10.3. The highest BCUT2D eigenvalue weighted by Crippen LogP contribution is 2.54. The molecule has 0 aromatic heterocycles. The lowest BCUT2D eigenvalue weighted by Crippen LogP contribution is -2.72. The fourth-order valence-electron chi connectivity index (χ4n) is 4.76. The largest absolute Gasteiger partial charge is 0.497 e. The number of amides is 2. The number of carbonyl (C=O) groups excluding carboxylic acids is 4. The van der Waals surface area contributed by atoms with Crippen LogP contribution in [0.5, 0.6) is 5.75 Å². The highest BCUT2D eigenvalue weighted by atomic mass is 32.2. The fourth-order valence-corrected chi connectivity index (χ4v) is 6.50. The molecule has 4 atom stereocenters. The predicted octanol–water partition coefficient (Wildman–Crippen LogP) is 2.20. The van der Waals surface area contributed by atoms with E-state index in [2.05, 4.69) is 5.32 Å². The first-order chi connectivity index (χ1) is 17.9. The van der Waals surface area contributed by atoms with Crippen LogP contribution in [-0.4, -0.2) is 59.5 Å². The maximum Gasteiger partial charge on any atom is 0.355 e. The minimum absolute atomic E-state index is 0.0157. The molecule has 2 amide bonds. The highest BCUT2D eigenvalue weighted by Gasteiger charge is 2.61. The van der Waals surface area contributed by atoms with Gasteiger partial charge in [-0.05, 0) is 35.3 Å². The zero-order valence-corrected chi connectivity index (χ0v) is 21.2. The van der Waals surface area contributed by atoms with Crippen LogP contribution in [-0.2, 0) is 41.7 Å². The summed E-state index contributed by atoms with van der Waals surface area (Å²) in [6, 6.07) is 15.5. The Balaban J connectivity index is 1.32. The standard InChI is InChI=1S/C27H26N2O7S/c1-34-17-10-8-16(9-11-17)14-36-27(33)22-18-13-19(26(32)35-2)23(18)37-25-21(24(31)29(22)25)28-20(30)12-15-6-4-3-5-7-15/h3-11,19,21,23,25H,12-14H2,1-2H3,(H,28,30)/t19?,21-,23+,25+/m0/s1. The van der Waals surface area contributed by atoms with Gasteiger partial charge in [-0.25, -0.2) is 4.79 Å². The number of nitrogens with zero attached hydrogens (tertiary/aromatic N) is 1. The number of benzene rings is 2. The van der Waals surface area contributed by atoms with Gasteiger partial charge in [-0.3, -0.25) is 19.3 Å². The molecule has 2 aromatic carbocycles. The van der Waals surface area contributed by atoms with Crippen LogP contribution in [0.1, 0.15) is 17.5 Å². The molecule has 0 spiro atoms. The van der Waals surface area contributed by atoms with Crippen LogP contribution < -0.4 is 10.1 Å². The molecule has 2 aromatic rings. The van der Waals surface area contributed by atoms with E-state index in [0.29, 0.717) is 17.7 Å². The maximum atomic E-state index is 13.2. The summed E-state index contributed by atoms with van der Waals surface area (Å²) in [6.07, 6.45) is 0.451. The summed E-state index contributed by atoms with van der Waals surface area (Å²) in [5.74, 6) is -1.40. The summed E-state index contributed by atoms with van der Waals surface area (Å²) in [6.45, 7) is 0.0157. The Bertz CT molecular complexity index is 1260. The van der Waals surface area contributed by atoms with E-state index >= 15 is 0 Å². The fraction of sp³-hybridized carbons (Fsp3) is 0.333. The smallest absolute Gasteiger partial charge is 0.355 e. The van der Waals surface area contributed by atoms with Gasteiger partial charge in [0.1, 0.15) is 29.5 Å². The van der Waals surface area contributed by atoms with Gasteiger partial charge in [0, 0.05) is 5.25 Å². The van der Waals surface area contributed by atoms with E-state index in [0.717, 1.165) is 11.1 Å². The number of methoxy groups -OCH3 is 2. The van der Waals surface area contributed by atoms with Gasteiger partial charge < -0.3 is 19.5 Å². The molecule has 5 rings (SSSR count). The Morgan fingerprint density at radius 2 is 1.76 bits per heavy atom. The number of β-lactam (4-membered cyclic amide) rings is 1. The molecule has 1 N–H and O–H groups in total. The van der Waals surface area contributed by atoms with Crippen LogP contribution in [0.3, 0.4) is 0 Å². The molecule has 0 bridgehead atoms. The minimum atomic E-state index is -0.800. The number of rotatable bonds is 8. The Labute approximate surface area is 218 Å². The third kappa shape index (κ3) is 4.69. The molecule has 192 valence electrons. The minimum Gasteiger partial charge on any atom is -0.497 e. The van der Waals surface area contributed by atoms with Crippen molar-refractivity contribution in [2.24, 2.45) is 5.92 Å². The van der Waals surface area contributed by atoms with Crippen LogP contribution >= 0.6 is 11.8 Å². The van der Waals surface area contributed by atoms with Crippen LogP contribution in [0.4, 0.5) is 0 Å². The number of nitrogens with one attached hydrogen (secondary N) is 1. The number of esters is 2. The van der Waals surface area contributed by atoms with E-state index in [9.17, 15) is 19.2 Å². The molecule has 1 aliphatic carbocycles. The van der Waals surface area contributed by atoms with E-state index in [4.69, 9.17) is 14.2 Å². The first-order valence-electron chi connectivity index (χ1n) is 11.8. The number of hydrogen-bond acceptors (Lipinski definition) is 8. The van der Waals surface area contributed by atoms with Gasteiger partial charge in [-0.15, -0.1) is 11.8 Å². The lowest BCUT2D eigenvalue weighted by atomic mass is 9.77. The second-order valence-electron chi connectivity index (χ2n) is 8.99. The molecule has 1 saturated heterocycles. The second-order valence-corrected chi connectivity index (χ2v) is 10.3. The van der Waals surface area contributed by atoms with Crippen LogP contribution in [0.2, 0.25) is 0 Å². The first kappa shape index (κ1) is 24.9. The van der Waals surface area contributed by atoms with Gasteiger partial charge in [0.05, 0.1) is 26.6 Å². The Kier molecular flexibility index (Phi) is 6.92. The summed E-state index contributed by atoms with van der Waals surface area (Å²) in [7, 11) is 2.89. The normalized spacial score (nSPS) is 23.6. The third-order valence-electron chi connectivity index (χ3n) is 6.77. The molecule has 0 radical (unpaired) electrons. The summed E-state index contributed by atoms with van der Waals surface area (Å²) in [5.41, 5.74) is 2.45. The van der Waals surface area contributed by atoms with E-state index in [1.54, 1.807) is 31.4 Å². The topological polar surface area (TPSA) is 111 Å². The van der Waals surface area contributed by atoms with Crippen LogP contribution in [0, 0.1) is 5.92 Å². The lowest BCUT2D eigenvalue weighted by molar-refractivity contribution is -0.154. The molecule has 2 aliphatic heterocycles. The molecule has 10 heteroatoms. The van der Waals surface area contributed by atoms with Crippen molar-refractivity contribution in [2.75, 3.05) is 14.2 Å². The van der Waals surface area contributed by atoms with E-state index in [1.807, 2.05) is 30.3 Å². The van der Waals surface area contributed by atoms with Crippen molar-refractivity contribution >= 4 is 35.5 Å². The lowest BCUT2D eigenvalue weighted by Gasteiger charge is -2.55. The van der Waals surface area contributed by atoms with E-state index in [-0.39, 0.29) is 41.8 Å². The van der Waals surface area contributed by atoms with E-state index in [1.165, 1.54) is 23.8 Å². The average molecular weight is 523 g/mol.